The van der Waals surface area contributed by atoms with Gasteiger partial charge in [0.2, 0.25) is 0 Å². The van der Waals surface area contributed by atoms with Crippen LogP contribution in [0.15, 0.2) is 156 Å². The van der Waals surface area contributed by atoms with Gasteiger partial charge in [0.25, 0.3) is 0 Å². The van der Waals surface area contributed by atoms with E-state index in [4.69, 9.17) is 19.4 Å². The molecule has 0 bridgehead atoms. The predicted molar refractivity (Wildman–Crippen MR) is 184 cm³/mol. The van der Waals surface area contributed by atoms with Gasteiger partial charge in [0.15, 0.2) is 17.5 Å². The highest BCUT2D eigenvalue weighted by molar-refractivity contribution is 6.22. The molecule has 0 saturated heterocycles. The number of benzene rings is 7. The van der Waals surface area contributed by atoms with Gasteiger partial charge in [-0.05, 0) is 45.5 Å². The molecule has 45 heavy (non-hydrogen) atoms. The number of furan rings is 1. The van der Waals surface area contributed by atoms with E-state index in [1.807, 2.05) is 72.8 Å². The van der Waals surface area contributed by atoms with Gasteiger partial charge in [-0.2, -0.15) is 0 Å². The number of aromatic nitrogens is 3. The van der Waals surface area contributed by atoms with Crippen LogP contribution in [0.2, 0.25) is 0 Å². The Balaban J connectivity index is 1.39. The summed E-state index contributed by atoms with van der Waals surface area (Å²) in [6, 6.07) is 52.2. The van der Waals surface area contributed by atoms with E-state index >= 15 is 0 Å². The Morgan fingerprint density at radius 2 is 1.00 bits per heavy atom. The van der Waals surface area contributed by atoms with Gasteiger partial charge in [0.1, 0.15) is 11.2 Å². The van der Waals surface area contributed by atoms with Crippen molar-refractivity contribution in [1.29, 1.82) is 0 Å². The van der Waals surface area contributed by atoms with E-state index in [1.54, 1.807) is 0 Å². The molecule has 210 valence electrons. The smallest absolute Gasteiger partial charge is 0.164 e. The molecule has 0 spiro atoms. The lowest BCUT2D eigenvalue weighted by Crippen LogP contribution is -2.00. The second-order valence-corrected chi connectivity index (χ2v) is 11.2. The Hall–Kier alpha value is -6.13. The summed E-state index contributed by atoms with van der Waals surface area (Å²) < 4.78 is 6.64. The van der Waals surface area contributed by atoms with Crippen molar-refractivity contribution < 1.29 is 4.42 Å². The van der Waals surface area contributed by atoms with Crippen molar-refractivity contribution in [3.63, 3.8) is 0 Å². The van der Waals surface area contributed by atoms with Crippen LogP contribution in [-0.4, -0.2) is 15.0 Å². The van der Waals surface area contributed by atoms with Crippen LogP contribution >= 0.6 is 0 Å². The van der Waals surface area contributed by atoms with Gasteiger partial charge in [-0.1, -0.05) is 133 Å². The Morgan fingerprint density at radius 1 is 0.378 bits per heavy atom. The third-order valence-corrected chi connectivity index (χ3v) is 8.51. The molecule has 0 radical (unpaired) electrons. The highest BCUT2D eigenvalue weighted by atomic mass is 16.3. The maximum atomic E-state index is 6.64. The van der Waals surface area contributed by atoms with Crippen molar-refractivity contribution in [2.24, 2.45) is 0 Å². The van der Waals surface area contributed by atoms with Crippen molar-refractivity contribution in [3.05, 3.63) is 152 Å². The molecule has 0 aliphatic rings. The number of rotatable bonds is 4. The van der Waals surface area contributed by atoms with Crippen LogP contribution in [0.5, 0.6) is 0 Å². The summed E-state index contributed by atoms with van der Waals surface area (Å²) >= 11 is 0. The van der Waals surface area contributed by atoms with Crippen LogP contribution in [-0.2, 0) is 0 Å². The van der Waals surface area contributed by atoms with Gasteiger partial charge in [-0.15, -0.1) is 0 Å². The molecule has 9 rings (SSSR count). The van der Waals surface area contributed by atoms with E-state index in [0.717, 1.165) is 60.5 Å². The topological polar surface area (TPSA) is 51.8 Å². The maximum Gasteiger partial charge on any atom is 0.164 e. The monoisotopic (exact) mass is 575 g/mol. The second kappa shape index (κ2) is 10.2. The zero-order valence-corrected chi connectivity index (χ0v) is 24.2. The normalized spacial score (nSPS) is 11.6. The molecule has 0 N–H and O–H groups in total. The summed E-state index contributed by atoms with van der Waals surface area (Å²) in [6.07, 6.45) is 0. The van der Waals surface area contributed by atoms with E-state index < -0.39 is 0 Å². The average Bonchev–Trinajstić information content (AvgIpc) is 3.50. The van der Waals surface area contributed by atoms with Crippen LogP contribution in [0.1, 0.15) is 0 Å². The number of nitrogens with zero attached hydrogens (tertiary/aromatic N) is 3. The van der Waals surface area contributed by atoms with Crippen molar-refractivity contribution in [2.45, 2.75) is 0 Å². The molecule has 9 aromatic rings. The molecule has 2 aromatic heterocycles. The lowest BCUT2D eigenvalue weighted by Gasteiger charge is -2.14. The number of fused-ring (bicyclic) bond motifs is 6. The first-order valence-electron chi connectivity index (χ1n) is 15.0. The van der Waals surface area contributed by atoms with Crippen LogP contribution in [0.3, 0.4) is 0 Å². The molecule has 0 unspecified atom stereocenters. The molecule has 2 heterocycles. The highest BCUT2D eigenvalue weighted by Crippen LogP contribution is 2.43. The zero-order chi connectivity index (χ0) is 29.7. The van der Waals surface area contributed by atoms with E-state index in [2.05, 4.69) is 78.9 Å². The molecule has 0 amide bonds. The fraction of sp³-hybridized carbons (Fsp3) is 0. The molecule has 0 saturated carbocycles. The van der Waals surface area contributed by atoms with Crippen molar-refractivity contribution >= 4 is 43.5 Å². The fourth-order valence-electron chi connectivity index (χ4n) is 6.35. The molecule has 0 aliphatic heterocycles. The minimum atomic E-state index is 0.621. The highest BCUT2D eigenvalue weighted by Gasteiger charge is 2.21. The van der Waals surface area contributed by atoms with Gasteiger partial charge in [0.05, 0.1) is 0 Å². The van der Waals surface area contributed by atoms with Crippen molar-refractivity contribution in [3.8, 4) is 45.3 Å². The van der Waals surface area contributed by atoms with Crippen LogP contribution in [0, 0.1) is 0 Å². The Bertz CT molecular complexity index is 2480. The summed E-state index contributed by atoms with van der Waals surface area (Å²) in [5.41, 5.74) is 6.75. The van der Waals surface area contributed by atoms with E-state index in [9.17, 15) is 0 Å². The Morgan fingerprint density at radius 3 is 1.76 bits per heavy atom. The quantitative estimate of drug-likeness (QED) is 0.209. The fourth-order valence-corrected chi connectivity index (χ4v) is 6.35. The van der Waals surface area contributed by atoms with Crippen molar-refractivity contribution in [2.75, 3.05) is 0 Å². The van der Waals surface area contributed by atoms with Gasteiger partial charge in [-0.3, -0.25) is 0 Å². The lowest BCUT2D eigenvalue weighted by molar-refractivity contribution is 0.673. The largest absolute Gasteiger partial charge is 0.455 e. The molecule has 0 aliphatic carbocycles. The molecular weight excluding hydrogens is 550 g/mol. The minimum absolute atomic E-state index is 0.621. The van der Waals surface area contributed by atoms with Crippen molar-refractivity contribution in [1.82, 2.24) is 15.0 Å². The summed E-state index contributed by atoms with van der Waals surface area (Å²) in [4.78, 5) is 15.2. The second-order valence-electron chi connectivity index (χ2n) is 11.2. The number of para-hydroxylation sites is 1. The molecule has 7 aromatic carbocycles. The Kier molecular flexibility index (Phi) is 5.78. The van der Waals surface area contributed by atoms with Gasteiger partial charge < -0.3 is 4.42 Å². The third kappa shape index (κ3) is 4.27. The first-order chi connectivity index (χ1) is 22.3. The third-order valence-electron chi connectivity index (χ3n) is 8.51. The van der Waals surface area contributed by atoms with Crippen LogP contribution in [0.25, 0.3) is 88.8 Å². The zero-order valence-electron chi connectivity index (χ0n) is 24.2. The lowest BCUT2D eigenvalue weighted by atomic mass is 9.92. The van der Waals surface area contributed by atoms with E-state index in [-0.39, 0.29) is 0 Å². The van der Waals surface area contributed by atoms with Gasteiger partial charge in [0, 0.05) is 32.8 Å². The maximum absolute atomic E-state index is 6.64. The standard InChI is InChI=1S/C41H25N3O/c1-3-13-27(14-4-1)39-42-40(28-15-5-2-6-16-28)44-41(43-39)35-25-34-32-18-9-10-21-36(32)45-38(34)37-31(19-11-20-33(35)37)30-23-22-26-12-7-8-17-29(26)24-30/h1-25H. The predicted octanol–water partition coefficient (Wildman–Crippen LogP) is 10.7. The van der Waals surface area contributed by atoms with Crippen LogP contribution < -0.4 is 0 Å². The van der Waals surface area contributed by atoms with Gasteiger partial charge >= 0.3 is 0 Å². The van der Waals surface area contributed by atoms with Crippen LogP contribution in [0.4, 0.5) is 0 Å². The summed E-state index contributed by atoms with van der Waals surface area (Å²) in [7, 11) is 0. The molecule has 4 heteroatoms. The summed E-state index contributed by atoms with van der Waals surface area (Å²) in [6.45, 7) is 0. The number of hydrogen-bond acceptors (Lipinski definition) is 4. The average molecular weight is 576 g/mol. The number of hydrogen-bond donors (Lipinski definition) is 0. The Labute approximate surface area is 259 Å². The SMILES string of the molecule is c1ccc(-c2nc(-c3ccccc3)nc(-c3cc4c5ccccc5oc4c4c(-c5ccc6ccccc6c5)cccc34)n2)cc1. The first-order valence-corrected chi connectivity index (χ1v) is 15.0. The molecule has 4 nitrogen and oxygen atoms in total. The summed E-state index contributed by atoms with van der Waals surface area (Å²) in [5, 5.41) is 6.56. The summed E-state index contributed by atoms with van der Waals surface area (Å²) in [5.74, 6) is 1.89. The molecule has 0 atom stereocenters. The minimum Gasteiger partial charge on any atom is -0.455 e. The first kappa shape index (κ1) is 25.4. The van der Waals surface area contributed by atoms with E-state index in [1.165, 1.54) is 10.8 Å². The molecular formula is C41H25N3O. The van der Waals surface area contributed by atoms with Gasteiger partial charge in [-0.25, -0.2) is 15.0 Å². The van der Waals surface area contributed by atoms with E-state index in [0.29, 0.717) is 17.5 Å². The molecule has 0 fully saturated rings.